The number of hydrogen-bond acceptors (Lipinski definition) is 2. The van der Waals surface area contributed by atoms with Gasteiger partial charge in [-0.3, -0.25) is 4.68 Å². The van der Waals surface area contributed by atoms with Crippen molar-refractivity contribution in [2.45, 2.75) is 59.0 Å². The van der Waals surface area contributed by atoms with E-state index in [4.69, 9.17) is 5.10 Å². The fraction of sp³-hybridized carbons (Fsp3) is 0.611. The van der Waals surface area contributed by atoms with Crippen LogP contribution in [-0.2, 0) is 13.0 Å². The average Bonchev–Trinajstić information content (AvgIpc) is 3.12. The van der Waals surface area contributed by atoms with Crippen molar-refractivity contribution in [1.82, 2.24) is 15.1 Å². The largest absolute Gasteiger partial charge is 0.312 e. The molecule has 0 spiro atoms. The molecule has 0 unspecified atom stereocenters. The summed E-state index contributed by atoms with van der Waals surface area (Å²) in [5.74, 6) is 0. The molecule has 21 heavy (non-hydrogen) atoms. The number of nitrogens with one attached hydrogen (secondary N) is 1. The van der Waals surface area contributed by atoms with Crippen molar-refractivity contribution in [3.8, 4) is 0 Å². The zero-order chi connectivity index (χ0) is 15.1. The minimum atomic E-state index is 0.195. The van der Waals surface area contributed by atoms with E-state index in [-0.39, 0.29) is 5.54 Å². The molecule has 3 heteroatoms. The zero-order valence-corrected chi connectivity index (χ0v) is 13.7. The summed E-state index contributed by atoms with van der Waals surface area (Å²) in [7, 11) is 0. The zero-order valence-electron chi connectivity index (χ0n) is 13.7. The van der Waals surface area contributed by atoms with Crippen LogP contribution in [0.3, 0.4) is 0 Å². The highest BCUT2D eigenvalue weighted by Crippen LogP contribution is 2.48. The average molecular weight is 285 g/mol. The lowest BCUT2D eigenvalue weighted by atomic mass is 9.96. The number of para-hydroxylation sites is 1. The van der Waals surface area contributed by atoms with Crippen LogP contribution in [0.25, 0.3) is 10.9 Å². The molecular formula is C18H27N3. The molecule has 1 aliphatic rings. The summed E-state index contributed by atoms with van der Waals surface area (Å²) < 4.78 is 2.14. The van der Waals surface area contributed by atoms with Crippen LogP contribution in [0.5, 0.6) is 0 Å². The van der Waals surface area contributed by atoms with Crippen LogP contribution < -0.4 is 5.32 Å². The molecule has 1 N–H and O–H groups in total. The second kappa shape index (κ2) is 5.13. The molecule has 0 amide bonds. The highest BCUT2D eigenvalue weighted by molar-refractivity contribution is 5.82. The lowest BCUT2D eigenvalue weighted by molar-refractivity contribution is 0.354. The maximum absolute atomic E-state index is 4.87. The van der Waals surface area contributed by atoms with E-state index in [2.05, 4.69) is 62.0 Å². The van der Waals surface area contributed by atoms with Crippen LogP contribution in [0.15, 0.2) is 24.3 Å². The predicted octanol–water partition coefficient (Wildman–Crippen LogP) is 3.77. The van der Waals surface area contributed by atoms with Crippen molar-refractivity contribution in [3.05, 3.63) is 30.0 Å². The summed E-state index contributed by atoms with van der Waals surface area (Å²) in [6, 6.07) is 8.63. The smallest absolute Gasteiger partial charge is 0.0709 e. The Balaban J connectivity index is 1.82. The van der Waals surface area contributed by atoms with Crippen molar-refractivity contribution >= 4 is 10.9 Å². The summed E-state index contributed by atoms with van der Waals surface area (Å²) >= 11 is 0. The molecule has 1 heterocycles. The molecular weight excluding hydrogens is 258 g/mol. The molecule has 3 nitrogen and oxygen atoms in total. The van der Waals surface area contributed by atoms with E-state index in [9.17, 15) is 0 Å². The molecule has 3 rings (SSSR count). The third-order valence-electron chi connectivity index (χ3n) is 4.53. The van der Waals surface area contributed by atoms with Crippen molar-refractivity contribution in [2.75, 3.05) is 6.54 Å². The van der Waals surface area contributed by atoms with Gasteiger partial charge in [0.25, 0.3) is 0 Å². The number of rotatable bonds is 5. The Morgan fingerprint density at radius 3 is 2.57 bits per heavy atom. The van der Waals surface area contributed by atoms with Gasteiger partial charge in [0.15, 0.2) is 0 Å². The van der Waals surface area contributed by atoms with Crippen molar-refractivity contribution in [2.24, 2.45) is 5.41 Å². The van der Waals surface area contributed by atoms with Crippen molar-refractivity contribution < 1.29 is 0 Å². The monoisotopic (exact) mass is 285 g/mol. The van der Waals surface area contributed by atoms with Crippen LogP contribution in [0.4, 0.5) is 0 Å². The summed E-state index contributed by atoms with van der Waals surface area (Å²) in [4.78, 5) is 0. The molecule has 0 bridgehead atoms. The van der Waals surface area contributed by atoms with Gasteiger partial charge in [0.2, 0.25) is 0 Å². The minimum Gasteiger partial charge on any atom is -0.312 e. The molecule has 1 saturated carbocycles. The van der Waals surface area contributed by atoms with Crippen LogP contribution in [0.2, 0.25) is 0 Å². The third-order valence-corrected chi connectivity index (χ3v) is 4.53. The van der Waals surface area contributed by atoms with Crippen molar-refractivity contribution in [3.63, 3.8) is 0 Å². The molecule has 1 fully saturated rings. The quantitative estimate of drug-likeness (QED) is 0.906. The van der Waals surface area contributed by atoms with Crippen LogP contribution in [0, 0.1) is 5.41 Å². The fourth-order valence-electron chi connectivity index (χ4n) is 2.97. The van der Waals surface area contributed by atoms with Crippen molar-refractivity contribution in [1.29, 1.82) is 0 Å². The topological polar surface area (TPSA) is 29.9 Å². The van der Waals surface area contributed by atoms with Gasteiger partial charge in [0.05, 0.1) is 11.2 Å². The number of hydrogen-bond donors (Lipinski definition) is 1. The number of aryl methyl sites for hydroxylation is 1. The van der Waals surface area contributed by atoms with E-state index in [0.29, 0.717) is 5.41 Å². The molecule has 0 aliphatic heterocycles. The summed E-state index contributed by atoms with van der Waals surface area (Å²) in [6.07, 6.45) is 3.75. The molecule has 114 valence electrons. The first-order chi connectivity index (χ1) is 9.92. The maximum Gasteiger partial charge on any atom is 0.0709 e. The van der Waals surface area contributed by atoms with E-state index in [0.717, 1.165) is 19.5 Å². The second-order valence-corrected chi connectivity index (χ2v) is 7.56. The van der Waals surface area contributed by atoms with Gasteiger partial charge in [0.1, 0.15) is 0 Å². The molecule has 1 aliphatic carbocycles. The first-order valence-electron chi connectivity index (χ1n) is 8.12. The minimum absolute atomic E-state index is 0.195. The van der Waals surface area contributed by atoms with Crippen LogP contribution in [0.1, 0.15) is 46.2 Å². The van der Waals surface area contributed by atoms with E-state index in [1.807, 2.05) is 0 Å². The summed E-state index contributed by atoms with van der Waals surface area (Å²) in [6.45, 7) is 10.9. The van der Waals surface area contributed by atoms with E-state index in [1.54, 1.807) is 0 Å². The number of nitrogens with zero attached hydrogens (tertiary/aromatic N) is 2. The fourth-order valence-corrected chi connectivity index (χ4v) is 2.97. The Morgan fingerprint density at radius 2 is 1.95 bits per heavy atom. The number of fused-ring (bicyclic) bond motifs is 1. The summed E-state index contributed by atoms with van der Waals surface area (Å²) in [5, 5.41) is 9.88. The first kappa shape index (κ1) is 14.6. The first-order valence-corrected chi connectivity index (χ1v) is 8.12. The normalized spacial score (nSPS) is 17.3. The Hall–Kier alpha value is -1.35. The van der Waals surface area contributed by atoms with Crippen LogP contribution in [-0.4, -0.2) is 21.9 Å². The SMILES string of the molecule is CCn1nc(CC2(CNC(C)(C)C)CC2)c2ccccc21. The predicted molar refractivity (Wildman–Crippen MR) is 88.5 cm³/mol. The number of aromatic nitrogens is 2. The van der Waals surface area contributed by atoms with E-state index < -0.39 is 0 Å². The van der Waals surface area contributed by atoms with Gasteiger partial charge in [0, 0.05) is 24.0 Å². The molecule has 0 saturated heterocycles. The highest BCUT2D eigenvalue weighted by Gasteiger charge is 2.43. The lowest BCUT2D eigenvalue weighted by Crippen LogP contribution is -2.40. The molecule has 2 aromatic rings. The standard InChI is InChI=1S/C18H27N3/c1-5-21-16-9-7-6-8-14(16)15(20-21)12-18(10-11-18)13-19-17(2,3)4/h6-9,19H,5,10-13H2,1-4H3. The third kappa shape index (κ3) is 3.13. The Morgan fingerprint density at radius 1 is 1.24 bits per heavy atom. The van der Waals surface area contributed by atoms with Gasteiger partial charge in [-0.2, -0.15) is 5.10 Å². The Bertz CT molecular complexity index is 629. The number of benzene rings is 1. The lowest BCUT2D eigenvalue weighted by Gasteiger charge is -2.24. The molecule has 1 aromatic heterocycles. The highest BCUT2D eigenvalue weighted by atomic mass is 15.3. The van der Waals surface area contributed by atoms with Crippen LogP contribution >= 0.6 is 0 Å². The maximum atomic E-state index is 4.87. The van der Waals surface area contributed by atoms with E-state index in [1.165, 1.54) is 29.4 Å². The molecule has 1 aromatic carbocycles. The second-order valence-electron chi connectivity index (χ2n) is 7.56. The van der Waals surface area contributed by atoms with Gasteiger partial charge in [-0.05, 0) is 58.4 Å². The van der Waals surface area contributed by atoms with Gasteiger partial charge < -0.3 is 5.32 Å². The molecule has 0 radical (unpaired) electrons. The van der Waals surface area contributed by atoms with Gasteiger partial charge in [-0.1, -0.05) is 18.2 Å². The van der Waals surface area contributed by atoms with Gasteiger partial charge in [-0.15, -0.1) is 0 Å². The van der Waals surface area contributed by atoms with Gasteiger partial charge >= 0.3 is 0 Å². The molecule has 0 atom stereocenters. The van der Waals surface area contributed by atoms with E-state index >= 15 is 0 Å². The summed E-state index contributed by atoms with van der Waals surface area (Å²) in [5.41, 5.74) is 3.18. The Labute approximate surface area is 127 Å². The van der Waals surface area contributed by atoms with Gasteiger partial charge in [-0.25, -0.2) is 0 Å². The Kier molecular flexibility index (Phi) is 3.56.